The van der Waals surface area contributed by atoms with Gasteiger partial charge in [0.1, 0.15) is 6.07 Å². The number of carbonyl (C=O) groups excluding carboxylic acids is 2. The van der Waals surface area contributed by atoms with Gasteiger partial charge in [0, 0.05) is 0 Å². The van der Waals surface area contributed by atoms with Gasteiger partial charge >= 0.3 is 5.97 Å². The molecule has 1 aromatic rings. The van der Waals surface area contributed by atoms with Gasteiger partial charge in [-0.2, -0.15) is 5.26 Å². The monoisotopic (exact) mass is 218 g/mol. The van der Waals surface area contributed by atoms with E-state index in [1.165, 1.54) is 20.1 Å². The summed E-state index contributed by atoms with van der Waals surface area (Å²) in [4.78, 5) is 26.6. The number of Topliss-reactive ketones (excluding diaryl/α,β-unsaturated/α-hetero) is 1. The fourth-order valence-corrected chi connectivity index (χ4v) is 1.24. The number of aryl methyl sites for hydroxylation is 1. The molecule has 0 aliphatic heterocycles. The summed E-state index contributed by atoms with van der Waals surface area (Å²) in [5.41, 5.74) is 0.728. The molecule has 0 saturated carbocycles. The second-order valence-electron chi connectivity index (χ2n) is 3.18. The van der Waals surface area contributed by atoms with Gasteiger partial charge < -0.3 is 4.74 Å². The molecule has 82 valence electrons. The first-order valence-corrected chi connectivity index (χ1v) is 4.52. The number of aromatic nitrogens is 1. The van der Waals surface area contributed by atoms with E-state index in [9.17, 15) is 9.59 Å². The standard InChI is InChI=1S/C11H10N2O3/c1-6-8(5-12)4-9(7(2)14)10(13-6)11(15)16-3/h4H,1-3H3. The second-order valence-corrected chi connectivity index (χ2v) is 3.18. The van der Waals surface area contributed by atoms with Crippen molar-refractivity contribution in [1.29, 1.82) is 5.26 Å². The third-order valence-corrected chi connectivity index (χ3v) is 2.09. The van der Waals surface area contributed by atoms with Crippen LogP contribution in [0.1, 0.15) is 39.0 Å². The highest BCUT2D eigenvalue weighted by atomic mass is 16.5. The van der Waals surface area contributed by atoms with Crippen molar-refractivity contribution >= 4 is 11.8 Å². The van der Waals surface area contributed by atoms with Crippen LogP contribution in [0.25, 0.3) is 0 Å². The molecular weight excluding hydrogens is 208 g/mol. The summed E-state index contributed by atoms with van der Waals surface area (Å²) < 4.78 is 4.52. The van der Waals surface area contributed by atoms with Crippen LogP contribution in [0.15, 0.2) is 6.07 Å². The Bertz CT molecular complexity index is 501. The zero-order valence-electron chi connectivity index (χ0n) is 9.20. The fourth-order valence-electron chi connectivity index (χ4n) is 1.24. The molecule has 0 amide bonds. The van der Waals surface area contributed by atoms with Gasteiger partial charge in [-0.05, 0) is 19.9 Å². The first-order valence-electron chi connectivity index (χ1n) is 4.52. The average molecular weight is 218 g/mol. The van der Waals surface area contributed by atoms with Crippen molar-refractivity contribution in [2.24, 2.45) is 0 Å². The molecule has 1 aromatic heterocycles. The molecule has 0 atom stereocenters. The Labute approximate surface area is 92.7 Å². The van der Waals surface area contributed by atoms with Crippen molar-refractivity contribution in [2.75, 3.05) is 7.11 Å². The van der Waals surface area contributed by atoms with E-state index >= 15 is 0 Å². The largest absolute Gasteiger partial charge is 0.464 e. The number of esters is 1. The Balaban J connectivity index is 3.49. The zero-order chi connectivity index (χ0) is 12.3. The number of carbonyl (C=O) groups is 2. The molecule has 0 fully saturated rings. The maximum atomic E-state index is 11.4. The molecule has 0 aromatic carbocycles. The maximum absolute atomic E-state index is 11.4. The third kappa shape index (κ3) is 2.06. The zero-order valence-corrected chi connectivity index (χ0v) is 9.20. The molecule has 5 nitrogen and oxygen atoms in total. The number of pyridine rings is 1. The third-order valence-electron chi connectivity index (χ3n) is 2.09. The van der Waals surface area contributed by atoms with Crippen LogP contribution in [0.4, 0.5) is 0 Å². The molecular formula is C11H10N2O3. The number of ketones is 1. The Morgan fingerprint density at radius 1 is 1.50 bits per heavy atom. The topological polar surface area (TPSA) is 80.0 Å². The lowest BCUT2D eigenvalue weighted by molar-refractivity contribution is 0.0590. The number of methoxy groups -OCH3 is 1. The van der Waals surface area contributed by atoms with Crippen LogP contribution in [0.5, 0.6) is 0 Å². The highest BCUT2D eigenvalue weighted by Gasteiger charge is 2.19. The highest BCUT2D eigenvalue weighted by Crippen LogP contribution is 2.14. The van der Waals surface area contributed by atoms with E-state index in [0.29, 0.717) is 5.69 Å². The van der Waals surface area contributed by atoms with Crippen molar-refractivity contribution in [3.8, 4) is 6.07 Å². The molecule has 0 spiro atoms. The van der Waals surface area contributed by atoms with E-state index in [0.717, 1.165) is 0 Å². The van der Waals surface area contributed by atoms with Crippen molar-refractivity contribution in [2.45, 2.75) is 13.8 Å². The second kappa shape index (κ2) is 4.53. The first-order chi connectivity index (χ1) is 7.51. The summed E-state index contributed by atoms with van der Waals surface area (Å²) in [5, 5.41) is 8.79. The van der Waals surface area contributed by atoms with Gasteiger partial charge in [-0.15, -0.1) is 0 Å². The van der Waals surface area contributed by atoms with Gasteiger partial charge in [0.05, 0.1) is 23.9 Å². The van der Waals surface area contributed by atoms with Crippen LogP contribution in [0.3, 0.4) is 0 Å². The molecule has 0 N–H and O–H groups in total. The molecule has 5 heteroatoms. The summed E-state index contributed by atoms with van der Waals surface area (Å²) in [6, 6.07) is 3.27. The number of ether oxygens (including phenoxy) is 1. The van der Waals surface area contributed by atoms with E-state index in [1.54, 1.807) is 6.92 Å². The van der Waals surface area contributed by atoms with E-state index in [4.69, 9.17) is 5.26 Å². The minimum absolute atomic E-state index is 0.0495. The smallest absolute Gasteiger partial charge is 0.357 e. The van der Waals surface area contributed by atoms with Crippen LogP contribution in [-0.4, -0.2) is 23.8 Å². The van der Waals surface area contributed by atoms with Gasteiger partial charge in [0.15, 0.2) is 11.5 Å². The van der Waals surface area contributed by atoms with Gasteiger partial charge in [-0.25, -0.2) is 9.78 Å². The Morgan fingerprint density at radius 2 is 2.12 bits per heavy atom. The van der Waals surface area contributed by atoms with Crippen molar-refractivity contribution in [3.05, 3.63) is 28.6 Å². The predicted molar refractivity (Wildman–Crippen MR) is 55.0 cm³/mol. The summed E-state index contributed by atoms with van der Waals surface area (Å²) in [6.07, 6.45) is 0. The molecule has 0 aliphatic carbocycles. The quantitative estimate of drug-likeness (QED) is 0.551. The lowest BCUT2D eigenvalue weighted by Crippen LogP contribution is -2.13. The van der Waals surface area contributed by atoms with E-state index in [1.807, 2.05) is 6.07 Å². The fraction of sp³-hybridized carbons (Fsp3) is 0.273. The van der Waals surface area contributed by atoms with Crippen LogP contribution in [0, 0.1) is 18.3 Å². The van der Waals surface area contributed by atoms with Crippen LogP contribution >= 0.6 is 0 Å². The van der Waals surface area contributed by atoms with E-state index < -0.39 is 5.97 Å². The molecule has 0 saturated heterocycles. The molecule has 1 heterocycles. The average Bonchev–Trinajstić information content (AvgIpc) is 2.27. The van der Waals surface area contributed by atoms with Crippen molar-refractivity contribution < 1.29 is 14.3 Å². The normalized spacial score (nSPS) is 9.38. The highest BCUT2D eigenvalue weighted by molar-refractivity contribution is 6.04. The predicted octanol–water partition coefficient (Wildman–Crippen LogP) is 1.25. The Kier molecular flexibility index (Phi) is 3.36. The number of nitriles is 1. The number of hydrogen-bond donors (Lipinski definition) is 0. The van der Waals surface area contributed by atoms with Crippen LogP contribution in [-0.2, 0) is 4.74 Å². The molecule has 0 unspecified atom stereocenters. The summed E-state index contributed by atoms with van der Waals surface area (Å²) in [6.45, 7) is 2.90. The van der Waals surface area contributed by atoms with Gasteiger partial charge in [-0.1, -0.05) is 0 Å². The molecule has 1 rings (SSSR count). The van der Waals surface area contributed by atoms with Gasteiger partial charge in [0.2, 0.25) is 0 Å². The molecule has 0 radical (unpaired) electrons. The molecule has 0 aliphatic rings. The maximum Gasteiger partial charge on any atom is 0.357 e. The summed E-state index contributed by atoms with van der Waals surface area (Å²) in [7, 11) is 1.21. The molecule has 0 bridgehead atoms. The minimum Gasteiger partial charge on any atom is -0.464 e. The van der Waals surface area contributed by atoms with E-state index in [2.05, 4.69) is 9.72 Å². The summed E-state index contributed by atoms with van der Waals surface area (Å²) in [5.74, 6) is -1.01. The van der Waals surface area contributed by atoms with Gasteiger partial charge in [-0.3, -0.25) is 4.79 Å². The SMILES string of the molecule is COC(=O)c1nc(C)c(C#N)cc1C(C)=O. The number of nitrogens with zero attached hydrogens (tertiary/aromatic N) is 2. The number of hydrogen-bond acceptors (Lipinski definition) is 5. The van der Waals surface area contributed by atoms with E-state index in [-0.39, 0.29) is 22.6 Å². The van der Waals surface area contributed by atoms with Crippen molar-refractivity contribution in [1.82, 2.24) is 4.98 Å². The number of rotatable bonds is 2. The van der Waals surface area contributed by atoms with Crippen molar-refractivity contribution in [3.63, 3.8) is 0 Å². The lowest BCUT2D eigenvalue weighted by Gasteiger charge is -2.06. The molecule has 16 heavy (non-hydrogen) atoms. The summed E-state index contributed by atoms with van der Waals surface area (Å²) >= 11 is 0. The van der Waals surface area contributed by atoms with Crippen LogP contribution < -0.4 is 0 Å². The van der Waals surface area contributed by atoms with Crippen LogP contribution in [0.2, 0.25) is 0 Å². The first kappa shape index (κ1) is 11.9. The Hall–Kier alpha value is -2.22. The lowest BCUT2D eigenvalue weighted by atomic mass is 10.1. The minimum atomic E-state index is -0.683. The Morgan fingerprint density at radius 3 is 2.56 bits per heavy atom. The van der Waals surface area contributed by atoms with Gasteiger partial charge in [0.25, 0.3) is 0 Å².